The summed E-state index contributed by atoms with van der Waals surface area (Å²) in [6.45, 7) is 7.49. The van der Waals surface area contributed by atoms with Gasteiger partial charge < -0.3 is 14.2 Å². The predicted octanol–water partition coefficient (Wildman–Crippen LogP) is 2.87. The van der Waals surface area contributed by atoms with Crippen molar-refractivity contribution in [2.75, 3.05) is 13.2 Å². The number of halogens is 1. The number of ether oxygens (including phenoxy) is 3. The van der Waals surface area contributed by atoms with Gasteiger partial charge in [-0.1, -0.05) is 18.7 Å². The molecule has 0 unspecified atom stereocenters. The van der Waals surface area contributed by atoms with Gasteiger partial charge in [0, 0.05) is 5.92 Å². The van der Waals surface area contributed by atoms with E-state index in [1.54, 1.807) is 32.1 Å². The maximum absolute atomic E-state index is 13.2. The number of rotatable bonds is 6. The molecule has 0 saturated heterocycles. The van der Waals surface area contributed by atoms with Crippen molar-refractivity contribution in [3.05, 3.63) is 59.6 Å². The topological polar surface area (TPSA) is 61.8 Å². The standard InChI is InChI=1S/C18H19FO5/c1-4-22-17(20)11(3)16-14(12-6-8-13(19)9-7-12)10-15(24-16)18(21)23-5-2/h6-10,14,16H,3-5H2,1-2H3/t14-,16-/m1/s1. The van der Waals surface area contributed by atoms with Gasteiger partial charge in [0.2, 0.25) is 5.76 Å². The first-order valence-corrected chi connectivity index (χ1v) is 7.64. The molecule has 1 aliphatic heterocycles. The van der Waals surface area contributed by atoms with Crippen molar-refractivity contribution in [3.63, 3.8) is 0 Å². The van der Waals surface area contributed by atoms with Gasteiger partial charge in [-0.05, 0) is 37.6 Å². The Labute approximate surface area is 139 Å². The smallest absolute Gasteiger partial charge is 0.373 e. The Bertz CT molecular complexity index is 662. The molecule has 1 aliphatic rings. The lowest BCUT2D eigenvalue weighted by Gasteiger charge is -2.20. The number of benzene rings is 1. The minimum absolute atomic E-state index is 0.00150. The number of carbonyl (C=O) groups is 2. The van der Waals surface area contributed by atoms with Crippen molar-refractivity contribution in [3.8, 4) is 0 Å². The summed E-state index contributed by atoms with van der Waals surface area (Å²) in [5.41, 5.74) is 0.771. The van der Waals surface area contributed by atoms with Gasteiger partial charge in [-0.15, -0.1) is 0 Å². The zero-order valence-corrected chi connectivity index (χ0v) is 13.6. The summed E-state index contributed by atoms with van der Waals surface area (Å²) in [7, 11) is 0. The van der Waals surface area contributed by atoms with Crippen LogP contribution in [-0.4, -0.2) is 31.3 Å². The van der Waals surface area contributed by atoms with Crippen LogP contribution < -0.4 is 0 Å². The van der Waals surface area contributed by atoms with Crippen LogP contribution in [0.2, 0.25) is 0 Å². The van der Waals surface area contributed by atoms with Crippen LogP contribution in [0.25, 0.3) is 0 Å². The normalized spacial score (nSPS) is 19.2. The molecule has 0 fully saturated rings. The molecular formula is C18H19FO5. The second-order valence-electron chi connectivity index (χ2n) is 5.11. The molecule has 0 saturated carbocycles. The summed E-state index contributed by atoms with van der Waals surface area (Å²) in [5, 5.41) is 0. The molecule has 0 aliphatic carbocycles. The van der Waals surface area contributed by atoms with Crippen LogP contribution in [0.15, 0.2) is 48.3 Å². The molecule has 24 heavy (non-hydrogen) atoms. The summed E-state index contributed by atoms with van der Waals surface area (Å²) < 4.78 is 28.6. The van der Waals surface area contributed by atoms with Gasteiger partial charge in [-0.3, -0.25) is 0 Å². The maximum atomic E-state index is 13.2. The first-order chi connectivity index (χ1) is 11.5. The van der Waals surface area contributed by atoms with Gasteiger partial charge in [0.15, 0.2) is 0 Å². The Hall–Kier alpha value is -2.63. The Morgan fingerprint density at radius 1 is 1.17 bits per heavy atom. The Morgan fingerprint density at radius 2 is 1.79 bits per heavy atom. The van der Waals surface area contributed by atoms with E-state index in [1.807, 2.05) is 0 Å². The van der Waals surface area contributed by atoms with Crippen molar-refractivity contribution >= 4 is 11.9 Å². The lowest BCUT2D eigenvalue weighted by atomic mass is 9.90. The van der Waals surface area contributed by atoms with Crippen molar-refractivity contribution < 1.29 is 28.2 Å². The van der Waals surface area contributed by atoms with E-state index < -0.39 is 24.0 Å². The largest absolute Gasteiger partial charge is 0.477 e. The van der Waals surface area contributed by atoms with E-state index in [-0.39, 0.29) is 30.4 Å². The Balaban J connectivity index is 2.31. The minimum atomic E-state index is -0.811. The van der Waals surface area contributed by atoms with Gasteiger partial charge in [0.05, 0.1) is 18.8 Å². The van der Waals surface area contributed by atoms with Crippen molar-refractivity contribution in [1.29, 1.82) is 0 Å². The first kappa shape index (κ1) is 17.7. The van der Waals surface area contributed by atoms with Crippen LogP contribution in [0.1, 0.15) is 25.3 Å². The third-order valence-corrected chi connectivity index (χ3v) is 3.52. The minimum Gasteiger partial charge on any atom is -0.477 e. The third kappa shape index (κ3) is 3.82. The van der Waals surface area contributed by atoms with Crippen LogP contribution >= 0.6 is 0 Å². The predicted molar refractivity (Wildman–Crippen MR) is 84.5 cm³/mol. The fourth-order valence-corrected chi connectivity index (χ4v) is 2.40. The van der Waals surface area contributed by atoms with E-state index in [0.717, 1.165) is 0 Å². The number of hydrogen-bond donors (Lipinski definition) is 0. The molecule has 0 spiro atoms. The number of hydrogen-bond acceptors (Lipinski definition) is 5. The third-order valence-electron chi connectivity index (χ3n) is 3.52. The van der Waals surface area contributed by atoms with Crippen LogP contribution in [-0.2, 0) is 23.8 Å². The fraction of sp³-hybridized carbons (Fsp3) is 0.333. The van der Waals surface area contributed by atoms with Gasteiger partial charge in [0.25, 0.3) is 0 Å². The number of carbonyl (C=O) groups excluding carboxylic acids is 2. The molecular weight excluding hydrogens is 315 g/mol. The van der Waals surface area contributed by atoms with Gasteiger partial charge in [-0.2, -0.15) is 0 Å². The molecule has 6 heteroatoms. The average molecular weight is 334 g/mol. The lowest BCUT2D eigenvalue weighted by molar-refractivity contribution is -0.144. The molecule has 1 aromatic carbocycles. The molecule has 0 radical (unpaired) electrons. The SMILES string of the molecule is C=C(C(=O)OCC)[C@H]1OC(C(=O)OCC)=C[C@@H]1c1ccc(F)cc1. The quantitative estimate of drug-likeness (QED) is 0.591. The van der Waals surface area contributed by atoms with E-state index >= 15 is 0 Å². The molecule has 1 heterocycles. The van der Waals surface area contributed by atoms with Crippen LogP contribution in [0.3, 0.4) is 0 Å². The summed E-state index contributed by atoms with van der Waals surface area (Å²) in [5.74, 6) is -2.08. The zero-order valence-electron chi connectivity index (χ0n) is 13.6. The highest BCUT2D eigenvalue weighted by molar-refractivity contribution is 5.91. The maximum Gasteiger partial charge on any atom is 0.373 e. The molecule has 0 aromatic heterocycles. The molecule has 0 amide bonds. The van der Waals surface area contributed by atoms with Gasteiger partial charge >= 0.3 is 11.9 Å². The van der Waals surface area contributed by atoms with E-state index in [1.165, 1.54) is 12.1 Å². The van der Waals surface area contributed by atoms with Crippen molar-refractivity contribution in [1.82, 2.24) is 0 Å². The van der Waals surface area contributed by atoms with E-state index in [0.29, 0.717) is 5.56 Å². The molecule has 0 bridgehead atoms. The summed E-state index contributed by atoms with van der Waals surface area (Å²) in [6, 6.07) is 5.74. The fourth-order valence-electron chi connectivity index (χ4n) is 2.40. The highest BCUT2D eigenvalue weighted by atomic mass is 19.1. The van der Waals surface area contributed by atoms with Crippen molar-refractivity contribution in [2.24, 2.45) is 0 Å². The Morgan fingerprint density at radius 3 is 2.38 bits per heavy atom. The summed E-state index contributed by atoms with van der Waals surface area (Å²) in [6.07, 6.45) is 0.745. The molecule has 5 nitrogen and oxygen atoms in total. The highest BCUT2D eigenvalue weighted by Crippen LogP contribution is 2.36. The molecule has 1 aromatic rings. The monoisotopic (exact) mass is 334 g/mol. The summed E-state index contributed by atoms with van der Waals surface area (Å²) >= 11 is 0. The second kappa shape index (κ2) is 7.77. The zero-order chi connectivity index (χ0) is 17.7. The number of esters is 2. The van der Waals surface area contributed by atoms with Gasteiger partial charge in [0.1, 0.15) is 11.9 Å². The van der Waals surface area contributed by atoms with Crippen LogP contribution in [0.4, 0.5) is 4.39 Å². The summed E-state index contributed by atoms with van der Waals surface area (Å²) in [4.78, 5) is 23.9. The van der Waals surface area contributed by atoms with E-state index in [9.17, 15) is 14.0 Å². The van der Waals surface area contributed by atoms with E-state index in [2.05, 4.69) is 6.58 Å². The van der Waals surface area contributed by atoms with Gasteiger partial charge in [-0.25, -0.2) is 14.0 Å². The second-order valence-corrected chi connectivity index (χ2v) is 5.11. The average Bonchev–Trinajstić information content (AvgIpc) is 3.00. The molecule has 2 atom stereocenters. The van der Waals surface area contributed by atoms with Crippen LogP contribution in [0.5, 0.6) is 0 Å². The lowest BCUT2D eigenvalue weighted by Crippen LogP contribution is -2.25. The van der Waals surface area contributed by atoms with E-state index in [4.69, 9.17) is 14.2 Å². The molecule has 2 rings (SSSR count). The Kier molecular flexibility index (Phi) is 5.73. The highest BCUT2D eigenvalue weighted by Gasteiger charge is 2.38. The molecule has 0 N–H and O–H groups in total. The first-order valence-electron chi connectivity index (χ1n) is 7.64. The van der Waals surface area contributed by atoms with Crippen molar-refractivity contribution in [2.45, 2.75) is 25.9 Å². The van der Waals surface area contributed by atoms with Crippen LogP contribution in [0, 0.1) is 5.82 Å². The molecule has 128 valence electrons.